The predicted molar refractivity (Wildman–Crippen MR) is 56.6 cm³/mol. The van der Waals surface area contributed by atoms with Gasteiger partial charge in [-0.1, -0.05) is 6.07 Å². The van der Waals surface area contributed by atoms with E-state index in [1.165, 1.54) is 6.07 Å². The summed E-state index contributed by atoms with van der Waals surface area (Å²) >= 11 is 0. The molecule has 0 radical (unpaired) electrons. The lowest BCUT2D eigenvalue weighted by atomic mass is 10.3. The smallest absolute Gasteiger partial charge is 0.248 e. The Labute approximate surface area is 86.0 Å². The van der Waals surface area contributed by atoms with Crippen molar-refractivity contribution in [3.63, 3.8) is 0 Å². The summed E-state index contributed by atoms with van der Waals surface area (Å²) in [5.74, 6) is 1.27. The molecule has 0 amide bonds. The molecule has 0 aliphatic heterocycles. The van der Waals surface area contributed by atoms with E-state index >= 15 is 0 Å². The lowest BCUT2D eigenvalue weighted by molar-refractivity contribution is 0.917. The summed E-state index contributed by atoms with van der Waals surface area (Å²) in [4.78, 5) is 13.8. The number of pyridine rings is 1. The third-order valence-corrected chi connectivity index (χ3v) is 2.11. The van der Waals surface area contributed by atoms with Crippen LogP contribution in [0, 0.1) is 0 Å². The van der Waals surface area contributed by atoms with E-state index in [2.05, 4.69) is 20.5 Å². The average molecular weight is 205 g/mol. The van der Waals surface area contributed by atoms with Gasteiger partial charge < -0.3 is 10.3 Å². The lowest BCUT2D eigenvalue weighted by Gasteiger charge is -2.02. The second kappa shape index (κ2) is 3.56. The van der Waals surface area contributed by atoms with E-state index in [1.807, 2.05) is 7.05 Å². The molecule has 0 atom stereocenters. The molecular formula is C9H11N5O. The number of H-pyrrole nitrogens is 1. The highest BCUT2D eigenvalue weighted by molar-refractivity contribution is 5.51. The van der Waals surface area contributed by atoms with Gasteiger partial charge in [-0.3, -0.25) is 9.36 Å². The summed E-state index contributed by atoms with van der Waals surface area (Å²) in [7, 11) is 3.59. The summed E-state index contributed by atoms with van der Waals surface area (Å²) < 4.78 is 1.77. The van der Waals surface area contributed by atoms with Crippen LogP contribution in [0.1, 0.15) is 0 Å². The molecule has 2 aromatic heterocycles. The van der Waals surface area contributed by atoms with E-state index in [9.17, 15) is 4.79 Å². The lowest BCUT2D eigenvalue weighted by Crippen LogP contribution is -2.06. The highest BCUT2D eigenvalue weighted by Gasteiger charge is 2.09. The number of nitrogens with one attached hydrogen (secondary N) is 2. The maximum atomic E-state index is 11.1. The highest BCUT2D eigenvalue weighted by Crippen LogP contribution is 2.14. The summed E-state index contributed by atoms with van der Waals surface area (Å²) in [5.41, 5.74) is 0.500. The zero-order chi connectivity index (χ0) is 10.8. The molecule has 6 heteroatoms. The van der Waals surface area contributed by atoms with Crippen LogP contribution in [0.5, 0.6) is 0 Å². The van der Waals surface area contributed by atoms with Crippen LogP contribution in [-0.2, 0) is 7.05 Å². The van der Waals surface area contributed by atoms with Crippen molar-refractivity contribution in [3.8, 4) is 11.5 Å². The van der Waals surface area contributed by atoms with Gasteiger partial charge in [0.1, 0.15) is 0 Å². The molecule has 0 aromatic carbocycles. The molecule has 0 saturated carbocycles. The molecule has 2 N–H and O–H groups in total. The summed E-state index contributed by atoms with van der Waals surface area (Å²) in [6, 6.07) is 4.92. The van der Waals surface area contributed by atoms with E-state index in [4.69, 9.17) is 0 Å². The number of aromatic amines is 1. The second-order valence-corrected chi connectivity index (χ2v) is 3.08. The molecule has 15 heavy (non-hydrogen) atoms. The Morgan fingerprint density at radius 1 is 1.40 bits per heavy atom. The Hall–Kier alpha value is -2.11. The molecule has 0 saturated heterocycles. The maximum Gasteiger partial charge on any atom is 0.248 e. The molecule has 0 unspecified atom stereocenters. The van der Waals surface area contributed by atoms with Crippen LogP contribution in [0.4, 0.5) is 5.95 Å². The first-order valence-corrected chi connectivity index (χ1v) is 4.49. The van der Waals surface area contributed by atoms with Crippen molar-refractivity contribution in [2.24, 2.45) is 7.05 Å². The minimum atomic E-state index is -0.151. The second-order valence-electron chi connectivity index (χ2n) is 3.08. The fraction of sp³-hybridized carbons (Fsp3) is 0.222. The average Bonchev–Trinajstić information content (AvgIpc) is 2.59. The molecule has 0 aliphatic rings. The summed E-state index contributed by atoms with van der Waals surface area (Å²) in [6.45, 7) is 0. The Balaban J connectivity index is 2.54. The van der Waals surface area contributed by atoms with Crippen molar-refractivity contribution in [1.29, 1.82) is 0 Å². The van der Waals surface area contributed by atoms with Gasteiger partial charge in [0.2, 0.25) is 11.5 Å². The monoisotopic (exact) mass is 205 g/mol. The topological polar surface area (TPSA) is 75.6 Å². The number of anilines is 1. The van der Waals surface area contributed by atoms with Gasteiger partial charge in [0.05, 0.1) is 5.69 Å². The molecule has 2 heterocycles. The molecule has 2 rings (SSSR count). The highest BCUT2D eigenvalue weighted by atomic mass is 16.1. The first-order chi connectivity index (χ1) is 7.22. The van der Waals surface area contributed by atoms with Crippen LogP contribution >= 0.6 is 0 Å². The zero-order valence-electron chi connectivity index (χ0n) is 8.48. The number of aromatic nitrogens is 4. The van der Waals surface area contributed by atoms with Gasteiger partial charge in [0.15, 0.2) is 5.82 Å². The van der Waals surface area contributed by atoms with E-state index < -0.39 is 0 Å². The minimum Gasteiger partial charge on any atom is -0.357 e. The third kappa shape index (κ3) is 1.61. The molecule has 0 fully saturated rings. The van der Waals surface area contributed by atoms with Crippen LogP contribution in [0.3, 0.4) is 0 Å². The van der Waals surface area contributed by atoms with Crippen LogP contribution in [0.2, 0.25) is 0 Å². The van der Waals surface area contributed by atoms with Crippen molar-refractivity contribution < 1.29 is 0 Å². The molecule has 2 aromatic rings. The van der Waals surface area contributed by atoms with Crippen LogP contribution in [0.15, 0.2) is 23.0 Å². The Morgan fingerprint density at radius 2 is 2.20 bits per heavy atom. The van der Waals surface area contributed by atoms with Gasteiger partial charge in [0, 0.05) is 20.2 Å². The quantitative estimate of drug-likeness (QED) is 0.735. The van der Waals surface area contributed by atoms with E-state index in [0.717, 1.165) is 0 Å². The largest absolute Gasteiger partial charge is 0.357 e. The van der Waals surface area contributed by atoms with Gasteiger partial charge in [-0.25, -0.2) is 0 Å². The van der Waals surface area contributed by atoms with Gasteiger partial charge in [0.25, 0.3) is 0 Å². The fourth-order valence-electron chi connectivity index (χ4n) is 1.36. The molecule has 0 aliphatic carbocycles. The number of hydrogen-bond acceptors (Lipinski definition) is 4. The normalized spacial score (nSPS) is 10.3. The van der Waals surface area contributed by atoms with Crippen molar-refractivity contribution >= 4 is 5.95 Å². The molecule has 0 spiro atoms. The standard InChI is InChI=1S/C9H11N5O/c1-10-9-13-12-8(14(9)2)6-4-3-5-7(15)11-6/h3-5H,1-2H3,(H,10,13)(H,11,15). The molecule has 78 valence electrons. The van der Waals surface area contributed by atoms with Crippen molar-refractivity contribution in [3.05, 3.63) is 28.6 Å². The summed E-state index contributed by atoms with van der Waals surface area (Å²) in [5, 5.41) is 10.8. The molecule has 6 nitrogen and oxygen atoms in total. The summed E-state index contributed by atoms with van der Waals surface area (Å²) in [6.07, 6.45) is 0. The zero-order valence-corrected chi connectivity index (χ0v) is 8.48. The SMILES string of the molecule is CNc1nnc(-c2cccc(=O)[nH]2)n1C. The van der Waals surface area contributed by atoms with Gasteiger partial charge in [-0.05, 0) is 6.07 Å². The van der Waals surface area contributed by atoms with Gasteiger partial charge in [-0.15, -0.1) is 10.2 Å². The van der Waals surface area contributed by atoms with E-state index in [1.54, 1.807) is 23.7 Å². The van der Waals surface area contributed by atoms with Crippen molar-refractivity contribution in [2.45, 2.75) is 0 Å². The number of nitrogens with zero attached hydrogens (tertiary/aromatic N) is 3. The maximum absolute atomic E-state index is 11.1. The fourth-order valence-corrected chi connectivity index (χ4v) is 1.36. The van der Waals surface area contributed by atoms with Gasteiger partial charge >= 0.3 is 0 Å². The van der Waals surface area contributed by atoms with Crippen molar-refractivity contribution in [1.82, 2.24) is 19.7 Å². The first kappa shape index (κ1) is 9.45. The van der Waals surface area contributed by atoms with Crippen LogP contribution < -0.4 is 10.9 Å². The van der Waals surface area contributed by atoms with Crippen LogP contribution in [-0.4, -0.2) is 26.8 Å². The number of hydrogen-bond donors (Lipinski definition) is 2. The van der Waals surface area contributed by atoms with Crippen molar-refractivity contribution in [2.75, 3.05) is 12.4 Å². The van der Waals surface area contributed by atoms with Gasteiger partial charge in [-0.2, -0.15) is 0 Å². The van der Waals surface area contributed by atoms with Crippen LogP contribution in [0.25, 0.3) is 11.5 Å². The first-order valence-electron chi connectivity index (χ1n) is 4.49. The van der Waals surface area contributed by atoms with E-state index in [0.29, 0.717) is 17.5 Å². The minimum absolute atomic E-state index is 0.151. The Morgan fingerprint density at radius 3 is 2.80 bits per heavy atom. The predicted octanol–water partition coefficient (Wildman–Crippen LogP) is 0.212. The Kier molecular flexibility index (Phi) is 2.24. The van der Waals surface area contributed by atoms with E-state index in [-0.39, 0.29) is 5.56 Å². The Bertz CT molecular complexity index is 527. The third-order valence-electron chi connectivity index (χ3n) is 2.11. The number of rotatable bonds is 2. The molecule has 0 bridgehead atoms. The molecular weight excluding hydrogens is 194 g/mol.